The number of likely N-dealkylation sites (tertiary alicyclic amines) is 1. The summed E-state index contributed by atoms with van der Waals surface area (Å²) in [6, 6.07) is 0. The van der Waals surface area contributed by atoms with Gasteiger partial charge in [0.05, 0.1) is 6.10 Å². The highest BCUT2D eigenvalue weighted by molar-refractivity contribution is 5.98. The third kappa shape index (κ3) is 3.31. The Hall–Kier alpha value is -0.900. The van der Waals surface area contributed by atoms with E-state index in [1.807, 2.05) is 0 Å². The Morgan fingerprint density at radius 2 is 1.67 bits per heavy atom. The van der Waals surface area contributed by atoms with Gasteiger partial charge in [-0.05, 0) is 43.4 Å². The molecule has 21 heavy (non-hydrogen) atoms. The van der Waals surface area contributed by atoms with Gasteiger partial charge in [0.15, 0.2) is 0 Å². The Kier molecular flexibility index (Phi) is 4.34. The number of hydrogen-bond donors (Lipinski definition) is 1. The lowest BCUT2D eigenvalue weighted by Crippen LogP contribution is -2.50. The van der Waals surface area contributed by atoms with Crippen LogP contribution in [0, 0.1) is 11.3 Å². The van der Waals surface area contributed by atoms with E-state index in [0.29, 0.717) is 25.3 Å². The van der Waals surface area contributed by atoms with Crippen molar-refractivity contribution in [3.8, 4) is 0 Å². The summed E-state index contributed by atoms with van der Waals surface area (Å²) in [5, 5.41) is 9.75. The van der Waals surface area contributed by atoms with E-state index in [0.717, 1.165) is 51.4 Å². The molecule has 2 saturated carbocycles. The van der Waals surface area contributed by atoms with Crippen LogP contribution in [0.5, 0.6) is 0 Å². The van der Waals surface area contributed by atoms with Crippen molar-refractivity contribution in [2.45, 2.75) is 76.7 Å². The summed E-state index contributed by atoms with van der Waals surface area (Å²) in [7, 11) is 0. The second-order valence-electron chi connectivity index (χ2n) is 7.50. The van der Waals surface area contributed by atoms with Crippen LogP contribution in [0.1, 0.15) is 70.6 Å². The highest BCUT2D eigenvalue weighted by Crippen LogP contribution is 2.45. The molecular weight excluding hydrogens is 266 g/mol. The number of aliphatic hydroxyl groups is 1. The predicted molar refractivity (Wildman–Crippen MR) is 79.4 cm³/mol. The Labute approximate surface area is 126 Å². The van der Waals surface area contributed by atoms with Gasteiger partial charge in [0, 0.05) is 19.4 Å². The molecule has 1 aliphatic heterocycles. The zero-order valence-electron chi connectivity index (χ0n) is 12.9. The summed E-state index contributed by atoms with van der Waals surface area (Å²) in [5.74, 6) is 0.364. The van der Waals surface area contributed by atoms with Crippen LogP contribution in [0.3, 0.4) is 0 Å². The molecule has 3 aliphatic rings. The topological polar surface area (TPSA) is 57.6 Å². The Morgan fingerprint density at radius 1 is 1.00 bits per heavy atom. The molecule has 4 heteroatoms. The maximum absolute atomic E-state index is 12.5. The summed E-state index contributed by atoms with van der Waals surface area (Å²) in [6.45, 7) is 0.533. The van der Waals surface area contributed by atoms with Crippen LogP contribution >= 0.6 is 0 Å². The van der Waals surface area contributed by atoms with E-state index in [4.69, 9.17) is 0 Å². The number of imide groups is 1. The van der Waals surface area contributed by atoms with Gasteiger partial charge in [-0.2, -0.15) is 0 Å². The largest absolute Gasteiger partial charge is 0.393 e. The molecule has 3 rings (SSSR count). The molecule has 4 nitrogen and oxygen atoms in total. The standard InChI is InChI=1S/C17H27NO3/c19-14-6-4-5-13(9-14)12-18-15(20)10-17(11-16(18)21)7-2-1-3-8-17/h13-14,19H,1-12H2. The van der Waals surface area contributed by atoms with Gasteiger partial charge in [0.25, 0.3) is 0 Å². The maximum atomic E-state index is 12.5. The van der Waals surface area contributed by atoms with Crippen molar-refractivity contribution in [3.63, 3.8) is 0 Å². The number of nitrogens with zero attached hydrogens (tertiary/aromatic N) is 1. The number of carbonyl (C=O) groups is 2. The van der Waals surface area contributed by atoms with E-state index >= 15 is 0 Å². The molecule has 3 fully saturated rings. The summed E-state index contributed by atoms with van der Waals surface area (Å²) in [6.07, 6.45) is 10.2. The smallest absolute Gasteiger partial charge is 0.229 e. The van der Waals surface area contributed by atoms with E-state index < -0.39 is 0 Å². The van der Waals surface area contributed by atoms with Crippen molar-refractivity contribution in [3.05, 3.63) is 0 Å². The lowest BCUT2D eigenvalue weighted by Gasteiger charge is -2.43. The normalized spacial score (nSPS) is 33.5. The molecule has 2 amide bonds. The number of carbonyl (C=O) groups excluding carboxylic acids is 2. The summed E-state index contributed by atoms with van der Waals surface area (Å²) in [5.41, 5.74) is -0.0189. The fourth-order valence-electron chi connectivity index (χ4n) is 4.58. The molecule has 0 bridgehead atoms. The average molecular weight is 293 g/mol. The summed E-state index contributed by atoms with van der Waals surface area (Å²) < 4.78 is 0. The first-order valence-electron chi connectivity index (χ1n) is 8.59. The van der Waals surface area contributed by atoms with E-state index in [-0.39, 0.29) is 23.3 Å². The Balaban J connectivity index is 1.62. The van der Waals surface area contributed by atoms with Gasteiger partial charge in [-0.3, -0.25) is 14.5 Å². The zero-order chi connectivity index (χ0) is 14.9. The molecule has 0 aromatic rings. The van der Waals surface area contributed by atoms with Gasteiger partial charge >= 0.3 is 0 Å². The van der Waals surface area contributed by atoms with Crippen LogP contribution in [0.4, 0.5) is 0 Å². The quantitative estimate of drug-likeness (QED) is 0.796. The molecular formula is C17H27NO3. The minimum Gasteiger partial charge on any atom is -0.393 e. The van der Waals surface area contributed by atoms with Crippen molar-refractivity contribution >= 4 is 11.8 Å². The summed E-state index contributed by atoms with van der Waals surface area (Å²) in [4.78, 5) is 26.5. The molecule has 2 atom stereocenters. The molecule has 0 radical (unpaired) electrons. The first-order valence-corrected chi connectivity index (χ1v) is 8.59. The van der Waals surface area contributed by atoms with E-state index in [2.05, 4.69) is 0 Å². The highest BCUT2D eigenvalue weighted by atomic mass is 16.3. The van der Waals surface area contributed by atoms with E-state index in [9.17, 15) is 14.7 Å². The first kappa shape index (κ1) is 15.0. The molecule has 2 unspecified atom stereocenters. The molecule has 0 aromatic heterocycles. The van der Waals surface area contributed by atoms with Crippen molar-refractivity contribution in [2.24, 2.45) is 11.3 Å². The molecule has 1 heterocycles. The second-order valence-corrected chi connectivity index (χ2v) is 7.50. The van der Waals surface area contributed by atoms with Gasteiger partial charge in [-0.15, -0.1) is 0 Å². The Bertz CT molecular complexity index is 394. The van der Waals surface area contributed by atoms with Crippen LogP contribution in [-0.2, 0) is 9.59 Å². The highest BCUT2D eigenvalue weighted by Gasteiger charge is 2.44. The van der Waals surface area contributed by atoms with Crippen LogP contribution in [0.2, 0.25) is 0 Å². The molecule has 0 aromatic carbocycles. The van der Waals surface area contributed by atoms with Crippen molar-refractivity contribution in [2.75, 3.05) is 6.54 Å². The van der Waals surface area contributed by atoms with Crippen LogP contribution < -0.4 is 0 Å². The maximum Gasteiger partial charge on any atom is 0.229 e. The lowest BCUT2D eigenvalue weighted by atomic mass is 9.67. The molecule has 118 valence electrons. The minimum atomic E-state index is -0.247. The van der Waals surface area contributed by atoms with Crippen molar-refractivity contribution in [1.82, 2.24) is 4.90 Å². The van der Waals surface area contributed by atoms with Gasteiger partial charge in [-0.1, -0.05) is 25.7 Å². The Morgan fingerprint density at radius 3 is 2.29 bits per heavy atom. The monoisotopic (exact) mass is 293 g/mol. The number of piperidine rings is 1. The molecule has 1 N–H and O–H groups in total. The van der Waals surface area contributed by atoms with Gasteiger partial charge in [0.1, 0.15) is 0 Å². The predicted octanol–water partition coefficient (Wildman–Crippen LogP) is 2.64. The number of rotatable bonds is 2. The SMILES string of the molecule is O=C1CC2(CCCCC2)CC(=O)N1CC1CCCC(O)C1. The van der Waals surface area contributed by atoms with Crippen LogP contribution in [0.25, 0.3) is 0 Å². The molecule has 1 spiro atoms. The van der Waals surface area contributed by atoms with Gasteiger partial charge < -0.3 is 5.11 Å². The second kappa shape index (κ2) is 6.07. The van der Waals surface area contributed by atoms with Crippen LogP contribution in [0.15, 0.2) is 0 Å². The van der Waals surface area contributed by atoms with Crippen molar-refractivity contribution in [1.29, 1.82) is 0 Å². The lowest BCUT2D eigenvalue weighted by molar-refractivity contribution is -0.155. The third-order valence-corrected chi connectivity index (χ3v) is 5.76. The summed E-state index contributed by atoms with van der Waals surface area (Å²) >= 11 is 0. The average Bonchev–Trinajstić information content (AvgIpc) is 2.44. The fraction of sp³-hybridized carbons (Fsp3) is 0.882. The van der Waals surface area contributed by atoms with E-state index in [1.54, 1.807) is 0 Å². The van der Waals surface area contributed by atoms with E-state index in [1.165, 1.54) is 11.3 Å². The van der Waals surface area contributed by atoms with Crippen LogP contribution in [-0.4, -0.2) is 34.5 Å². The minimum absolute atomic E-state index is 0.0189. The molecule has 1 saturated heterocycles. The van der Waals surface area contributed by atoms with Crippen molar-refractivity contribution < 1.29 is 14.7 Å². The third-order valence-electron chi connectivity index (χ3n) is 5.76. The zero-order valence-corrected chi connectivity index (χ0v) is 12.9. The molecule has 2 aliphatic carbocycles. The first-order chi connectivity index (χ1) is 10.1. The number of amides is 2. The number of aliphatic hydroxyl groups excluding tert-OH is 1. The van der Waals surface area contributed by atoms with Gasteiger partial charge in [-0.25, -0.2) is 0 Å². The fourth-order valence-corrected chi connectivity index (χ4v) is 4.58. The van der Waals surface area contributed by atoms with Gasteiger partial charge in [0.2, 0.25) is 11.8 Å². The number of hydrogen-bond acceptors (Lipinski definition) is 3.